The Kier molecular flexibility index (Phi) is 5.21. The standard InChI is InChI=1S/C17H21N3O3S2/c1-11-3-6-15(12(2)9-11)25(22,23)18-8-7-16(21)20-17-19-14(10-24-17)13-4-5-13/h3,6,9-10,13,18H,4-5,7-8H2,1-2H3,(H,19,20,21). The Morgan fingerprint density at radius 2 is 2.08 bits per heavy atom. The summed E-state index contributed by atoms with van der Waals surface area (Å²) >= 11 is 1.40. The molecule has 0 unspecified atom stereocenters. The number of rotatable bonds is 7. The maximum absolute atomic E-state index is 12.3. The quantitative estimate of drug-likeness (QED) is 0.774. The molecule has 1 aliphatic carbocycles. The molecule has 8 heteroatoms. The van der Waals surface area contributed by atoms with Crippen molar-refractivity contribution in [2.45, 2.75) is 43.9 Å². The van der Waals surface area contributed by atoms with E-state index >= 15 is 0 Å². The summed E-state index contributed by atoms with van der Waals surface area (Å²) in [5.41, 5.74) is 2.73. The van der Waals surface area contributed by atoms with Crippen molar-refractivity contribution in [1.82, 2.24) is 9.71 Å². The van der Waals surface area contributed by atoms with Crippen molar-refractivity contribution in [3.8, 4) is 0 Å². The van der Waals surface area contributed by atoms with Gasteiger partial charge in [-0.2, -0.15) is 0 Å². The first-order valence-corrected chi connectivity index (χ1v) is 10.5. The van der Waals surface area contributed by atoms with Crippen LogP contribution in [0.3, 0.4) is 0 Å². The highest BCUT2D eigenvalue weighted by atomic mass is 32.2. The Morgan fingerprint density at radius 3 is 2.76 bits per heavy atom. The Labute approximate surface area is 151 Å². The molecular weight excluding hydrogens is 358 g/mol. The first-order chi connectivity index (χ1) is 11.8. The van der Waals surface area contributed by atoms with Gasteiger partial charge < -0.3 is 5.32 Å². The molecule has 25 heavy (non-hydrogen) atoms. The molecule has 1 aromatic heterocycles. The maximum Gasteiger partial charge on any atom is 0.240 e. The molecule has 0 bridgehead atoms. The van der Waals surface area contributed by atoms with Crippen molar-refractivity contribution in [3.63, 3.8) is 0 Å². The summed E-state index contributed by atoms with van der Waals surface area (Å²) in [5, 5.41) is 5.27. The fourth-order valence-electron chi connectivity index (χ4n) is 2.57. The zero-order valence-electron chi connectivity index (χ0n) is 14.2. The largest absolute Gasteiger partial charge is 0.302 e. The minimum absolute atomic E-state index is 0.0440. The number of thiazole rings is 1. The fourth-order valence-corrected chi connectivity index (χ4v) is 4.63. The van der Waals surface area contributed by atoms with Crippen molar-refractivity contribution in [1.29, 1.82) is 0 Å². The van der Waals surface area contributed by atoms with Crippen LogP contribution in [0.25, 0.3) is 0 Å². The second kappa shape index (κ2) is 7.23. The topological polar surface area (TPSA) is 88.2 Å². The number of benzene rings is 1. The molecule has 3 rings (SSSR count). The number of nitrogens with one attached hydrogen (secondary N) is 2. The molecule has 0 saturated heterocycles. The van der Waals surface area contributed by atoms with Crippen LogP contribution in [-0.4, -0.2) is 25.9 Å². The number of hydrogen-bond acceptors (Lipinski definition) is 5. The van der Waals surface area contributed by atoms with E-state index < -0.39 is 10.0 Å². The molecule has 6 nitrogen and oxygen atoms in total. The fraction of sp³-hybridized carbons (Fsp3) is 0.412. The van der Waals surface area contributed by atoms with E-state index in [2.05, 4.69) is 15.0 Å². The second-order valence-electron chi connectivity index (χ2n) is 6.32. The SMILES string of the molecule is Cc1ccc(S(=O)(=O)NCCC(=O)Nc2nc(C3CC3)cs2)c(C)c1. The first kappa shape index (κ1) is 18.0. The van der Waals surface area contributed by atoms with Gasteiger partial charge in [0.1, 0.15) is 0 Å². The molecule has 1 aliphatic rings. The van der Waals surface area contributed by atoms with E-state index in [1.807, 2.05) is 18.4 Å². The number of nitrogens with zero attached hydrogens (tertiary/aromatic N) is 1. The van der Waals surface area contributed by atoms with Crippen molar-refractivity contribution >= 4 is 32.4 Å². The zero-order chi connectivity index (χ0) is 18.0. The predicted octanol–water partition coefficient (Wildman–Crippen LogP) is 2.94. The van der Waals surface area contributed by atoms with E-state index in [1.54, 1.807) is 19.1 Å². The Bertz CT molecular complexity index is 886. The third kappa shape index (κ3) is 4.65. The number of hydrogen-bond donors (Lipinski definition) is 2. The molecule has 2 aromatic rings. The summed E-state index contributed by atoms with van der Waals surface area (Å²) < 4.78 is 27.2. The van der Waals surface area contributed by atoms with Crippen molar-refractivity contribution in [2.24, 2.45) is 0 Å². The van der Waals surface area contributed by atoms with Gasteiger partial charge in [0.2, 0.25) is 15.9 Å². The molecule has 0 radical (unpaired) electrons. The lowest BCUT2D eigenvalue weighted by molar-refractivity contribution is -0.116. The minimum atomic E-state index is -3.62. The maximum atomic E-state index is 12.3. The van der Waals surface area contributed by atoms with Gasteiger partial charge in [0, 0.05) is 24.3 Å². The van der Waals surface area contributed by atoms with Gasteiger partial charge in [-0.1, -0.05) is 17.7 Å². The van der Waals surface area contributed by atoms with Crippen LogP contribution in [0, 0.1) is 13.8 Å². The summed E-state index contributed by atoms with van der Waals surface area (Å²) in [7, 11) is -3.62. The number of carbonyl (C=O) groups is 1. The number of anilines is 1. The monoisotopic (exact) mass is 379 g/mol. The molecule has 0 spiro atoms. The summed E-state index contributed by atoms with van der Waals surface area (Å²) in [6, 6.07) is 5.16. The molecule has 1 fully saturated rings. The Morgan fingerprint density at radius 1 is 1.32 bits per heavy atom. The van der Waals surface area contributed by atoms with Crippen molar-refractivity contribution in [2.75, 3.05) is 11.9 Å². The third-order valence-electron chi connectivity index (χ3n) is 4.03. The van der Waals surface area contributed by atoms with Crippen molar-refractivity contribution in [3.05, 3.63) is 40.4 Å². The highest BCUT2D eigenvalue weighted by molar-refractivity contribution is 7.89. The summed E-state index contributed by atoms with van der Waals surface area (Å²) in [6.45, 7) is 3.71. The summed E-state index contributed by atoms with van der Waals surface area (Å²) in [4.78, 5) is 16.6. The van der Waals surface area contributed by atoms with Crippen LogP contribution in [0.1, 0.15) is 42.0 Å². The molecule has 1 saturated carbocycles. The molecule has 2 N–H and O–H groups in total. The van der Waals surface area contributed by atoms with Crippen LogP contribution in [0.2, 0.25) is 0 Å². The smallest absolute Gasteiger partial charge is 0.240 e. The normalized spacial score (nSPS) is 14.5. The van der Waals surface area contributed by atoms with Gasteiger partial charge >= 0.3 is 0 Å². The van der Waals surface area contributed by atoms with E-state index in [9.17, 15) is 13.2 Å². The molecule has 0 aliphatic heterocycles. The molecular formula is C17H21N3O3S2. The summed E-state index contributed by atoms with van der Waals surface area (Å²) in [6.07, 6.45) is 2.39. The van der Waals surface area contributed by atoms with Crippen LogP contribution in [-0.2, 0) is 14.8 Å². The van der Waals surface area contributed by atoms with Crippen LogP contribution in [0.15, 0.2) is 28.5 Å². The van der Waals surface area contributed by atoms with Crippen LogP contribution < -0.4 is 10.0 Å². The minimum Gasteiger partial charge on any atom is -0.302 e. The lowest BCUT2D eigenvalue weighted by Crippen LogP contribution is -2.28. The number of carbonyl (C=O) groups excluding carboxylic acids is 1. The zero-order valence-corrected chi connectivity index (χ0v) is 15.8. The van der Waals surface area contributed by atoms with Gasteiger partial charge in [0.25, 0.3) is 0 Å². The van der Waals surface area contributed by atoms with Crippen LogP contribution in [0.5, 0.6) is 0 Å². The van der Waals surface area contributed by atoms with Crippen molar-refractivity contribution < 1.29 is 13.2 Å². The molecule has 134 valence electrons. The molecule has 1 aromatic carbocycles. The number of aryl methyl sites for hydroxylation is 2. The number of amides is 1. The lowest BCUT2D eigenvalue weighted by atomic mass is 10.2. The van der Waals surface area contributed by atoms with Crippen LogP contribution >= 0.6 is 11.3 Å². The van der Waals surface area contributed by atoms with E-state index in [4.69, 9.17) is 0 Å². The Hall–Kier alpha value is -1.77. The molecule has 1 heterocycles. The van der Waals surface area contributed by atoms with Crippen LogP contribution in [0.4, 0.5) is 5.13 Å². The molecule has 1 amide bonds. The van der Waals surface area contributed by atoms with E-state index in [-0.39, 0.29) is 23.8 Å². The third-order valence-corrected chi connectivity index (χ3v) is 6.43. The highest BCUT2D eigenvalue weighted by Gasteiger charge is 2.26. The lowest BCUT2D eigenvalue weighted by Gasteiger charge is -2.09. The predicted molar refractivity (Wildman–Crippen MR) is 98.4 cm³/mol. The van der Waals surface area contributed by atoms with Gasteiger partial charge in [0.15, 0.2) is 5.13 Å². The highest BCUT2D eigenvalue weighted by Crippen LogP contribution is 2.40. The first-order valence-electron chi connectivity index (χ1n) is 8.17. The van der Waals surface area contributed by atoms with E-state index in [1.165, 1.54) is 11.3 Å². The van der Waals surface area contributed by atoms with Gasteiger partial charge in [-0.3, -0.25) is 4.79 Å². The average Bonchev–Trinajstić information content (AvgIpc) is 3.27. The Balaban J connectivity index is 1.51. The molecule has 0 atom stereocenters. The second-order valence-corrected chi connectivity index (χ2v) is 8.91. The van der Waals surface area contributed by atoms with Gasteiger partial charge in [-0.05, 0) is 38.3 Å². The van der Waals surface area contributed by atoms with Gasteiger partial charge in [0.05, 0.1) is 10.6 Å². The van der Waals surface area contributed by atoms with Gasteiger partial charge in [-0.15, -0.1) is 11.3 Å². The number of sulfonamides is 1. The average molecular weight is 380 g/mol. The van der Waals surface area contributed by atoms with E-state index in [0.717, 1.165) is 24.1 Å². The van der Waals surface area contributed by atoms with Gasteiger partial charge in [-0.25, -0.2) is 18.1 Å². The summed E-state index contributed by atoms with van der Waals surface area (Å²) in [5.74, 6) is 0.298. The van der Waals surface area contributed by atoms with E-state index in [0.29, 0.717) is 16.6 Å². The number of aromatic nitrogens is 1.